The minimum absolute atomic E-state index is 0.188. The third kappa shape index (κ3) is 4.08. The highest BCUT2D eigenvalue weighted by Crippen LogP contribution is 2.21. The van der Waals surface area contributed by atoms with Crippen molar-refractivity contribution in [2.45, 2.75) is 19.6 Å². The van der Waals surface area contributed by atoms with E-state index in [-0.39, 0.29) is 11.7 Å². The minimum Gasteiger partial charge on any atom is -0.361 e. The van der Waals surface area contributed by atoms with Crippen LogP contribution < -0.4 is 5.32 Å². The average Bonchev–Trinajstić information content (AvgIpc) is 3.20. The lowest BCUT2D eigenvalue weighted by molar-refractivity contribution is -0.113. The van der Waals surface area contributed by atoms with Gasteiger partial charge in [0.05, 0.1) is 23.5 Å². The number of nitrogens with zero attached hydrogens (tertiary/aromatic N) is 3. The first kappa shape index (κ1) is 17.2. The Bertz CT molecular complexity index is 857. The number of aromatic nitrogens is 3. The molecule has 25 heavy (non-hydrogen) atoms. The first-order valence-electron chi connectivity index (χ1n) is 7.62. The van der Waals surface area contributed by atoms with E-state index >= 15 is 0 Å². The fourth-order valence-corrected chi connectivity index (χ4v) is 3.32. The zero-order chi connectivity index (χ0) is 17.8. The van der Waals surface area contributed by atoms with Gasteiger partial charge in [-0.15, -0.1) is 11.8 Å². The van der Waals surface area contributed by atoms with Crippen LogP contribution in [-0.2, 0) is 10.5 Å². The van der Waals surface area contributed by atoms with E-state index < -0.39 is 5.82 Å². The molecule has 8 heteroatoms. The Morgan fingerprint density at radius 2 is 2.24 bits per heavy atom. The van der Waals surface area contributed by atoms with E-state index in [1.165, 1.54) is 24.2 Å². The third-order valence-electron chi connectivity index (χ3n) is 3.67. The van der Waals surface area contributed by atoms with Gasteiger partial charge in [-0.3, -0.25) is 4.79 Å². The normalized spacial score (nSPS) is 10.8. The Hall–Kier alpha value is -2.61. The number of carbonyl (C=O) groups is 1. The predicted molar refractivity (Wildman–Crippen MR) is 94.3 cm³/mol. The summed E-state index contributed by atoms with van der Waals surface area (Å²) in [5.41, 5.74) is 2.64. The number of rotatable bonds is 6. The molecule has 3 aromatic rings. The highest BCUT2D eigenvalue weighted by molar-refractivity contribution is 7.99. The van der Waals surface area contributed by atoms with Crippen LogP contribution in [0.15, 0.2) is 41.4 Å². The van der Waals surface area contributed by atoms with E-state index in [1.807, 2.05) is 13.8 Å². The van der Waals surface area contributed by atoms with Crippen molar-refractivity contribution in [3.8, 4) is 5.69 Å². The van der Waals surface area contributed by atoms with Crippen LogP contribution in [0.25, 0.3) is 5.69 Å². The number of hydrogen-bond acceptors (Lipinski definition) is 5. The lowest BCUT2D eigenvalue weighted by Crippen LogP contribution is -2.14. The maximum Gasteiger partial charge on any atom is 0.234 e. The van der Waals surface area contributed by atoms with Crippen LogP contribution in [0.3, 0.4) is 0 Å². The fraction of sp³-hybridized carbons (Fsp3) is 0.235. The molecule has 1 N–H and O–H groups in total. The van der Waals surface area contributed by atoms with Gasteiger partial charge in [0.1, 0.15) is 11.6 Å². The maximum absolute atomic E-state index is 14.2. The molecule has 0 atom stereocenters. The first-order chi connectivity index (χ1) is 12.0. The molecule has 0 fully saturated rings. The van der Waals surface area contributed by atoms with Crippen LogP contribution in [0.5, 0.6) is 0 Å². The van der Waals surface area contributed by atoms with Crippen molar-refractivity contribution in [3.63, 3.8) is 0 Å². The van der Waals surface area contributed by atoms with Crippen LogP contribution >= 0.6 is 11.8 Å². The fourth-order valence-electron chi connectivity index (χ4n) is 2.35. The topological polar surface area (TPSA) is 73.0 Å². The predicted octanol–water partition coefficient (Wildman–Crippen LogP) is 3.49. The number of hydrogen-bond donors (Lipinski definition) is 1. The molecule has 6 nitrogen and oxygen atoms in total. The average molecular weight is 360 g/mol. The number of nitrogens with one attached hydrogen (secondary N) is 1. The van der Waals surface area contributed by atoms with Gasteiger partial charge in [-0.05, 0) is 32.0 Å². The van der Waals surface area contributed by atoms with Crippen LogP contribution in [0, 0.1) is 19.7 Å². The van der Waals surface area contributed by atoms with Crippen molar-refractivity contribution in [3.05, 3.63) is 59.8 Å². The van der Waals surface area contributed by atoms with Crippen LogP contribution in [0.2, 0.25) is 0 Å². The van der Waals surface area contributed by atoms with Crippen molar-refractivity contribution < 1.29 is 13.7 Å². The highest BCUT2D eigenvalue weighted by Gasteiger charge is 2.11. The molecule has 2 aromatic heterocycles. The Labute approximate surface area is 148 Å². The lowest BCUT2D eigenvalue weighted by Gasteiger charge is -2.08. The summed E-state index contributed by atoms with van der Waals surface area (Å²) in [6, 6.07) is 4.56. The number of aryl methyl sites for hydroxylation is 2. The molecule has 3 rings (SSSR count). The summed E-state index contributed by atoms with van der Waals surface area (Å²) in [5, 5.41) is 6.58. The number of imidazole rings is 1. The van der Waals surface area contributed by atoms with E-state index in [2.05, 4.69) is 15.5 Å². The number of halogens is 1. The summed E-state index contributed by atoms with van der Waals surface area (Å²) in [6.07, 6.45) is 4.75. The summed E-state index contributed by atoms with van der Waals surface area (Å²) < 4.78 is 20.8. The zero-order valence-corrected chi connectivity index (χ0v) is 14.6. The van der Waals surface area contributed by atoms with Crippen molar-refractivity contribution in [2.75, 3.05) is 11.1 Å². The van der Waals surface area contributed by atoms with E-state index in [0.29, 0.717) is 17.1 Å². The summed E-state index contributed by atoms with van der Waals surface area (Å²) in [5.74, 6) is 1.05. The lowest BCUT2D eigenvalue weighted by atomic mass is 10.2. The summed E-state index contributed by atoms with van der Waals surface area (Å²) in [6.45, 7) is 3.72. The van der Waals surface area contributed by atoms with Gasteiger partial charge in [-0.2, -0.15) is 0 Å². The van der Waals surface area contributed by atoms with Gasteiger partial charge in [0.2, 0.25) is 5.91 Å². The molecule has 0 bridgehead atoms. The Morgan fingerprint density at radius 3 is 2.88 bits per heavy atom. The number of amides is 1. The van der Waals surface area contributed by atoms with E-state index in [9.17, 15) is 9.18 Å². The maximum atomic E-state index is 14.2. The molecule has 0 radical (unpaired) electrons. The molecule has 0 saturated carbocycles. The standard InChI is InChI=1S/C17H17FN4O2S/c1-11-14(12(2)24-21-11)8-25-9-17(23)20-13-3-4-16(15(18)7-13)22-6-5-19-10-22/h3-7,10H,8-9H2,1-2H3,(H,20,23). The monoisotopic (exact) mass is 360 g/mol. The molecule has 0 aliphatic carbocycles. The van der Waals surface area contributed by atoms with Gasteiger partial charge in [-0.25, -0.2) is 9.37 Å². The SMILES string of the molecule is Cc1noc(C)c1CSCC(=O)Nc1ccc(-n2ccnc2)c(F)c1. The van der Waals surface area contributed by atoms with Crippen molar-refractivity contribution in [1.29, 1.82) is 0 Å². The molecule has 1 amide bonds. The molecule has 0 unspecified atom stereocenters. The molecule has 0 saturated heterocycles. The molecule has 0 aliphatic heterocycles. The quantitative estimate of drug-likeness (QED) is 0.728. The van der Waals surface area contributed by atoms with Crippen LogP contribution in [0.1, 0.15) is 17.0 Å². The largest absolute Gasteiger partial charge is 0.361 e. The highest BCUT2D eigenvalue weighted by atomic mass is 32.2. The van der Waals surface area contributed by atoms with Crippen LogP contribution in [0.4, 0.5) is 10.1 Å². The molecule has 130 valence electrons. The van der Waals surface area contributed by atoms with Gasteiger partial charge in [0, 0.05) is 29.4 Å². The second-order valence-corrected chi connectivity index (χ2v) is 6.47. The van der Waals surface area contributed by atoms with Gasteiger partial charge in [0.25, 0.3) is 0 Å². The van der Waals surface area contributed by atoms with Gasteiger partial charge >= 0.3 is 0 Å². The number of thioether (sulfide) groups is 1. The van der Waals surface area contributed by atoms with Gasteiger partial charge in [-0.1, -0.05) is 5.16 Å². The molecular weight excluding hydrogens is 343 g/mol. The molecular formula is C17H17FN4O2S. The van der Waals surface area contributed by atoms with E-state index in [1.54, 1.807) is 29.1 Å². The number of benzene rings is 1. The Morgan fingerprint density at radius 1 is 1.40 bits per heavy atom. The number of carbonyl (C=O) groups excluding carboxylic acids is 1. The van der Waals surface area contributed by atoms with Gasteiger partial charge in [0.15, 0.2) is 0 Å². The minimum atomic E-state index is -0.431. The third-order valence-corrected chi connectivity index (χ3v) is 4.63. The van der Waals surface area contributed by atoms with Crippen molar-refractivity contribution >= 4 is 23.4 Å². The zero-order valence-electron chi connectivity index (χ0n) is 13.8. The van der Waals surface area contributed by atoms with Crippen molar-refractivity contribution in [1.82, 2.24) is 14.7 Å². The smallest absolute Gasteiger partial charge is 0.234 e. The molecule has 2 heterocycles. The molecule has 0 spiro atoms. The van der Waals surface area contributed by atoms with E-state index in [0.717, 1.165) is 17.0 Å². The summed E-state index contributed by atoms with van der Waals surface area (Å²) in [4.78, 5) is 15.9. The van der Waals surface area contributed by atoms with Crippen molar-refractivity contribution in [2.24, 2.45) is 0 Å². The first-order valence-corrected chi connectivity index (χ1v) is 8.77. The van der Waals surface area contributed by atoms with Crippen LogP contribution in [-0.4, -0.2) is 26.4 Å². The second kappa shape index (κ2) is 7.52. The molecule has 1 aromatic carbocycles. The Kier molecular flexibility index (Phi) is 5.18. The van der Waals surface area contributed by atoms with Gasteiger partial charge < -0.3 is 14.4 Å². The Balaban J connectivity index is 1.55. The summed E-state index contributed by atoms with van der Waals surface area (Å²) >= 11 is 1.45. The second-order valence-electron chi connectivity index (χ2n) is 5.48. The molecule has 0 aliphatic rings. The van der Waals surface area contributed by atoms with E-state index in [4.69, 9.17) is 4.52 Å². The summed E-state index contributed by atoms with van der Waals surface area (Å²) in [7, 11) is 0. The number of anilines is 1.